The average Bonchev–Trinajstić information content (AvgIpc) is 3.00. The first-order chi connectivity index (χ1) is 7.69. The van der Waals surface area contributed by atoms with E-state index in [9.17, 15) is 0 Å². The Balaban J connectivity index is 1.87. The molecule has 0 atom stereocenters. The predicted molar refractivity (Wildman–Crippen MR) is 64.3 cm³/mol. The molecule has 5 nitrogen and oxygen atoms in total. The van der Waals surface area contributed by atoms with Gasteiger partial charge in [0.05, 0.1) is 17.9 Å². The number of hydrogen-bond acceptors (Lipinski definition) is 2. The second-order valence-electron chi connectivity index (χ2n) is 4.25. The summed E-state index contributed by atoms with van der Waals surface area (Å²) in [5.74, 6) is 0.876. The van der Waals surface area contributed by atoms with Gasteiger partial charge in [-0.25, -0.2) is 0 Å². The van der Waals surface area contributed by atoms with Crippen molar-refractivity contribution in [3.05, 3.63) is 17.5 Å². The Hall–Kier alpha value is -1.52. The number of rotatable bonds is 3. The molecular weight excluding hydrogens is 202 g/mol. The van der Waals surface area contributed by atoms with E-state index in [1.807, 2.05) is 18.7 Å². The summed E-state index contributed by atoms with van der Waals surface area (Å²) < 4.78 is 1.90. The van der Waals surface area contributed by atoms with Gasteiger partial charge in [0.1, 0.15) is 0 Å². The summed E-state index contributed by atoms with van der Waals surface area (Å²) in [4.78, 5) is 4.18. The summed E-state index contributed by atoms with van der Waals surface area (Å²) in [7, 11) is 3.76. The number of nitrogens with zero attached hydrogens (tertiary/aromatic N) is 3. The van der Waals surface area contributed by atoms with Crippen LogP contribution in [0.1, 0.15) is 24.2 Å². The summed E-state index contributed by atoms with van der Waals surface area (Å²) >= 11 is 0. The first kappa shape index (κ1) is 11.0. The molecule has 0 radical (unpaired) electrons. The third-order valence-corrected chi connectivity index (χ3v) is 2.68. The summed E-state index contributed by atoms with van der Waals surface area (Å²) in [6, 6.07) is 2.71. The van der Waals surface area contributed by atoms with Crippen LogP contribution in [0, 0.1) is 6.92 Å². The Bertz CT molecular complexity index is 389. The van der Waals surface area contributed by atoms with Crippen molar-refractivity contribution in [2.75, 3.05) is 7.05 Å². The van der Waals surface area contributed by atoms with Crippen molar-refractivity contribution in [2.24, 2.45) is 12.0 Å². The minimum absolute atomic E-state index is 0.625. The minimum atomic E-state index is 0.625. The molecule has 2 rings (SSSR count). The van der Waals surface area contributed by atoms with E-state index in [1.165, 1.54) is 12.8 Å². The maximum atomic E-state index is 4.30. The third-order valence-electron chi connectivity index (χ3n) is 2.68. The molecule has 0 unspecified atom stereocenters. The highest BCUT2D eigenvalue weighted by Gasteiger charge is 2.22. The number of aliphatic imine (C=N–C) groups is 1. The van der Waals surface area contributed by atoms with E-state index in [2.05, 4.69) is 26.8 Å². The van der Waals surface area contributed by atoms with E-state index in [0.717, 1.165) is 23.9 Å². The molecule has 0 aromatic carbocycles. The molecule has 0 saturated heterocycles. The van der Waals surface area contributed by atoms with Crippen molar-refractivity contribution in [2.45, 2.75) is 32.4 Å². The second kappa shape index (κ2) is 4.55. The fourth-order valence-electron chi connectivity index (χ4n) is 1.62. The zero-order valence-electron chi connectivity index (χ0n) is 10.1. The molecule has 1 aromatic rings. The highest BCUT2D eigenvalue weighted by atomic mass is 15.3. The average molecular weight is 221 g/mol. The summed E-state index contributed by atoms with van der Waals surface area (Å²) in [6.07, 6.45) is 2.51. The molecule has 1 fully saturated rings. The van der Waals surface area contributed by atoms with E-state index in [4.69, 9.17) is 0 Å². The summed E-state index contributed by atoms with van der Waals surface area (Å²) in [5.41, 5.74) is 2.21. The molecule has 2 N–H and O–H groups in total. The van der Waals surface area contributed by atoms with Crippen LogP contribution < -0.4 is 10.6 Å². The topological polar surface area (TPSA) is 54.2 Å². The first-order valence-corrected chi connectivity index (χ1v) is 5.65. The van der Waals surface area contributed by atoms with Gasteiger partial charge in [0.25, 0.3) is 0 Å². The molecule has 1 aliphatic carbocycles. The van der Waals surface area contributed by atoms with Crippen LogP contribution in [-0.2, 0) is 13.6 Å². The van der Waals surface area contributed by atoms with Crippen molar-refractivity contribution in [1.29, 1.82) is 0 Å². The van der Waals surface area contributed by atoms with E-state index in [-0.39, 0.29) is 0 Å². The number of hydrogen-bond donors (Lipinski definition) is 2. The minimum Gasteiger partial charge on any atom is -0.354 e. The highest BCUT2D eigenvalue weighted by Crippen LogP contribution is 2.18. The molecule has 0 spiro atoms. The van der Waals surface area contributed by atoms with Crippen LogP contribution in [-0.4, -0.2) is 28.8 Å². The standard InChI is InChI=1S/C11H19N5/c1-8-6-10(16(3)15-8)7-13-11(12-2)14-9-4-5-9/h6,9H,4-5,7H2,1-3H3,(H2,12,13,14). The van der Waals surface area contributed by atoms with Crippen LogP contribution >= 0.6 is 0 Å². The summed E-state index contributed by atoms with van der Waals surface area (Å²) in [5, 5.41) is 10.9. The molecule has 0 amide bonds. The lowest BCUT2D eigenvalue weighted by atomic mass is 10.3. The number of guanidine groups is 1. The van der Waals surface area contributed by atoms with Crippen LogP contribution in [0.25, 0.3) is 0 Å². The lowest BCUT2D eigenvalue weighted by Gasteiger charge is -2.10. The molecule has 1 aliphatic rings. The van der Waals surface area contributed by atoms with Crippen molar-refractivity contribution in [3.63, 3.8) is 0 Å². The van der Waals surface area contributed by atoms with Gasteiger partial charge in [-0.05, 0) is 25.8 Å². The van der Waals surface area contributed by atoms with E-state index < -0.39 is 0 Å². The Kier molecular flexibility index (Phi) is 3.12. The van der Waals surface area contributed by atoms with Gasteiger partial charge < -0.3 is 10.6 Å². The molecule has 1 heterocycles. The highest BCUT2D eigenvalue weighted by molar-refractivity contribution is 5.80. The predicted octanol–water partition coefficient (Wildman–Crippen LogP) is 0.556. The van der Waals surface area contributed by atoms with Crippen LogP contribution in [0.3, 0.4) is 0 Å². The SMILES string of the molecule is CN=C(NCc1cc(C)nn1C)NC1CC1. The van der Waals surface area contributed by atoms with E-state index in [1.54, 1.807) is 7.05 Å². The molecule has 5 heteroatoms. The lowest BCUT2D eigenvalue weighted by molar-refractivity contribution is 0.680. The van der Waals surface area contributed by atoms with Gasteiger partial charge >= 0.3 is 0 Å². The molecule has 0 bridgehead atoms. The van der Waals surface area contributed by atoms with E-state index in [0.29, 0.717) is 6.04 Å². The number of aryl methyl sites for hydroxylation is 2. The van der Waals surface area contributed by atoms with Crippen molar-refractivity contribution < 1.29 is 0 Å². The normalized spacial score (nSPS) is 16.3. The van der Waals surface area contributed by atoms with Crippen molar-refractivity contribution >= 4 is 5.96 Å². The molecular formula is C11H19N5. The smallest absolute Gasteiger partial charge is 0.191 e. The molecule has 16 heavy (non-hydrogen) atoms. The summed E-state index contributed by atoms with van der Waals surface area (Å²) in [6.45, 7) is 2.75. The molecule has 1 saturated carbocycles. The van der Waals surface area contributed by atoms with Gasteiger partial charge in [-0.15, -0.1) is 0 Å². The Morgan fingerprint density at radius 1 is 1.62 bits per heavy atom. The van der Waals surface area contributed by atoms with Gasteiger partial charge in [0.2, 0.25) is 0 Å². The van der Waals surface area contributed by atoms with Gasteiger partial charge in [-0.1, -0.05) is 0 Å². The van der Waals surface area contributed by atoms with Crippen LogP contribution in [0.5, 0.6) is 0 Å². The molecule has 88 valence electrons. The van der Waals surface area contributed by atoms with Gasteiger partial charge in [-0.2, -0.15) is 5.10 Å². The first-order valence-electron chi connectivity index (χ1n) is 5.65. The van der Waals surface area contributed by atoms with E-state index >= 15 is 0 Å². The fraction of sp³-hybridized carbons (Fsp3) is 0.636. The Morgan fingerprint density at radius 3 is 2.88 bits per heavy atom. The Morgan fingerprint density at radius 2 is 2.38 bits per heavy atom. The second-order valence-corrected chi connectivity index (χ2v) is 4.25. The number of aromatic nitrogens is 2. The monoisotopic (exact) mass is 221 g/mol. The lowest BCUT2D eigenvalue weighted by Crippen LogP contribution is -2.38. The number of nitrogens with one attached hydrogen (secondary N) is 2. The third kappa shape index (κ3) is 2.74. The molecule has 0 aliphatic heterocycles. The molecule has 1 aromatic heterocycles. The maximum absolute atomic E-state index is 4.30. The van der Waals surface area contributed by atoms with Crippen molar-refractivity contribution in [1.82, 2.24) is 20.4 Å². The van der Waals surface area contributed by atoms with Gasteiger partial charge in [0.15, 0.2) is 5.96 Å². The Labute approximate surface area is 95.9 Å². The van der Waals surface area contributed by atoms with Crippen LogP contribution in [0.2, 0.25) is 0 Å². The fourth-order valence-corrected chi connectivity index (χ4v) is 1.62. The zero-order chi connectivity index (χ0) is 11.5. The quantitative estimate of drug-likeness (QED) is 0.579. The van der Waals surface area contributed by atoms with Gasteiger partial charge in [-0.3, -0.25) is 9.67 Å². The maximum Gasteiger partial charge on any atom is 0.191 e. The van der Waals surface area contributed by atoms with Crippen LogP contribution in [0.4, 0.5) is 0 Å². The van der Waals surface area contributed by atoms with Crippen molar-refractivity contribution in [3.8, 4) is 0 Å². The van der Waals surface area contributed by atoms with Gasteiger partial charge in [0, 0.05) is 20.1 Å². The largest absolute Gasteiger partial charge is 0.354 e. The zero-order valence-corrected chi connectivity index (χ0v) is 10.1. The van der Waals surface area contributed by atoms with Crippen LogP contribution in [0.15, 0.2) is 11.1 Å².